The number of nitrogens with zero attached hydrogens (tertiary/aromatic N) is 4. The Morgan fingerprint density at radius 2 is 2.00 bits per heavy atom. The quantitative estimate of drug-likeness (QED) is 0.520. The third-order valence-corrected chi connectivity index (χ3v) is 4.91. The molecule has 0 radical (unpaired) electrons. The fourth-order valence-corrected chi connectivity index (χ4v) is 3.49. The van der Waals surface area contributed by atoms with Gasteiger partial charge in [-0.2, -0.15) is 0 Å². The fourth-order valence-electron chi connectivity index (χ4n) is 3.49. The lowest BCUT2D eigenvalue weighted by Gasteiger charge is -2.22. The van der Waals surface area contributed by atoms with Crippen molar-refractivity contribution in [3.05, 3.63) is 64.5 Å². The summed E-state index contributed by atoms with van der Waals surface area (Å²) >= 11 is 0. The van der Waals surface area contributed by atoms with Crippen LogP contribution in [0.2, 0.25) is 0 Å². The largest absolute Gasteiger partial charge is 0.365 e. The highest BCUT2D eigenvalue weighted by atomic mass is 16.6. The first-order valence-electron chi connectivity index (χ1n) is 9.39. The zero-order valence-electron chi connectivity index (χ0n) is 15.5. The fraction of sp³-hybridized carbons (Fsp3) is 0.300. The molecule has 2 heterocycles. The van der Waals surface area contributed by atoms with E-state index in [9.17, 15) is 10.1 Å². The number of anilines is 2. The van der Waals surface area contributed by atoms with Gasteiger partial charge in [0.25, 0.3) is 5.69 Å². The Kier molecular flexibility index (Phi) is 5.29. The second-order valence-corrected chi connectivity index (χ2v) is 6.77. The molecule has 0 amide bonds. The van der Waals surface area contributed by atoms with E-state index in [2.05, 4.69) is 25.5 Å². The van der Waals surface area contributed by atoms with Crippen LogP contribution in [-0.4, -0.2) is 41.1 Å². The Labute approximate surface area is 162 Å². The summed E-state index contributed by atoms with van der Waals surface area (Å²) < 4.78 is 0. The second kappa shape index (κ2) is 8.18. The van der Waals surface area contributed by atoms with E-state index in [0.29, 0.717) is 29.0 Å². The minimum atomic E-state index is -0.318. The Morgan fingerprint density at radius 3 is 2.82 bits per heavy atom. The molecule has 4 rings (SSSR count). The molecule has 8 nitrogen and oxygen atoms in total. The number of nitrogens with one attached hydrogen (secondary N) is 2. The number of nitro benzene ring substituents is 1. The maximum Gasteiger partial charge on any atom is 0.293 e. The highest BCUT2D eigenvalue weighted by Crippen LogP contribution is 2.34. The van der Waals surface area contributed by atoms with E-state index in [-0.39, 0.29) is 10.6 Å². The lowest BCUT2D eigenvalue weighted by molar-refractivity contribution is -0.384. The van der Waals surface area contributed by atoms with E-state index in [4.69, 9.17) is 0 Å². The van der Waals surface area contributed by atoms with Gasteiger partial charge in [0, 0.05) is 37.6 Å². The van der Waals surface area contributed by atoms with Crippen LogP contribution in [0, 0.1) is 10.1 Å². The normalized spacial score (nSPS) is 14.6. The van der Waals surface area contributed by atoms with E-state index in [1.54, 1.807) is 6.07 Å². The molecule has 1 aliphatic rings. The van der Waals surface area contributed by atoms with Crippen LogP contribution in [-0.2, 0) is 6.54 Å². The van der Waals surface area contributed by atoms with Gasteiger partial charge in [0.2, 0.25) is 0 Å². The highest BCUT2D eigenvalue weighted by molar-refractivity contribution is 5.94. The van der Waals surface area contributed by atoms with Crippen LogP contribution in [0.15, 0.2) is 48.8 Å². The van der Waals surface area contributed by atoms with Crippen LogP contribution in [0.1, 0.15) is 12.0 Å². The van der Waals surface area contributed by atoms with Gasteiger partial charge < -0.3 is 15.5 Å². The van der Waals surface area contributed by atoms with Crippen LogP contribution >= 0.6 is 0 Å². The summed E-state index contributed by atoms with van der Waals surface area (Å²) in [6, 6.07) is 13.4. The van der Waals surface area contributed by atoms with Gasteiger partial charge in [-0.25, -0.2) is 9.97 Å². The van der Waals surface area contributed by atoms with Crippen LogP contribution < -0.4 is 15.5 Å². The van der Waals surface area contributed by atoms with Crippen LogP contribution in [0.25, 0.3) is 10.9 Å². The molecule has 1 fully saturated rings. The maximum absolute atomic E-state index is 11.8. The molecule has 1 saturated heterocycles. The van der Waals surface area contributed by atoms with E-state index >= 15 is 0 Å². The van der Waals surface area contributed by atoms with Crippen molar-refractivity contribution in [2.24, 2.45) is 0 Å². The van der Waals surface area contributed by atoms with Gasteiger partial charge >= 0.3 is 0 Å². The molecule has 0 aliphatic carbocycles. The van der Waals surface area contributed by atoms with Crippen LogP contribution in [0.3, 0.4) is 0 Å². The molecule has 2 aromatic carbocycles. The number of fused-ring (bicyclic) bond motifs is 1. The van der Waals surface area contributed by atoms with Crippen molar-refractivity contribution in [1.82, 2.24) is 15.3 Å². The number of benzene rings is 2. The molecule has 28 heavy (non-hydrogen) atoms. The van der Waals surface area contributed by atoms with Gasteiger partial charge in [0.15, 0.2) is 0 Å². The van der Waals surface area contributed by atoms with Crippen molar-refractivity contribution < 1.29 is 4.92 Å². The van der Waals surface area contributed by atoms with Crippen molar-refractivity contribution in [2.75, 3.05) is 36.4 Å². The summed E-state index contributed by atoms with van der Waals surface area (Å²) in [5, 5.41) is 19.1. The lowest BCUT2D eigenvalue weighted by Crippen LogP contribution is -2.28. The van der Waals surface area contributed by atoms with Gasteiger partial charge in [-0.05, 0) is 24.6 Å². The van der Waals surface area contributed by atoms with Gasteiger partial charge in [0.05, 0.1) is 10.4 Å². The molecule has 0 unspecified atom stereocenters. The Balaban J connectivity index is 1.71. The van der Waals surface area contributed by atoms with Crippen LogP contribution in [0.4, 0.5) is 17.2 Å². The van der Waals surface area contributed by atoms with Gasteiger partial charge in [0.1, 0.15) is 17.8 Å². The van der Waals surface area contributed by atoms with Gasteiger partial charge in [-0.3, -0.25) is 10.1 Å². The summed E-state index contributed by atoms with van der Waals surface area (Å²) in [7, 11) is 0. The maximum atomic E-state index is 11.8. The van der Waals surface area contributed by atoms with Crippen LogP contribution in [0.5, 0.6) is 0 Å². The van der Waals surface area contributed by atoms with Crippen molar-refractivity contribution >= 4 is 28.1 Å². The first-order chi connectivity index (χ1) is 13.7. The Morgan fingerprint density at radius 1 is 1.14 bits per heavy atom. The van der Waals surface area contributed by atoms with E-state index in [1.807, 2.05) is 36.4 Å². The van der Waals surface area contributed by atoms with E-state index < -0.39 is 0 Å². The highest BCUT2D eigenvalue weighted by Gasteiger charge is 2.23. The Bertz CT molecular complexity index is 971. The molecule has 0 spiro atoms. The first kappa shape index (κ1) is 18.1. The predicted octanol–water partition coefficient (Wildman–Crippen LogP) is 2.95. The third kappa shape index (κ3) is 3.86. The molecule has 144 valence electrons. The van der Waals surface area contributed by atoms with E-state index in [1.165, 1.54) is 6.33 Å². The molecule has 0 atom stereocenters. The van der Waals surface area contributed by atoms with Crippen molar-refractivity contribution in [3.8, 4) is 0 Å². The SMILES string of the molecule is O=[N+]([O-])c1cc2c(NCc3ccccc3)ncnc2cc1N1CCCNCC1. The summed E-state index contributed by atoms with van der Waals surface area (Å²) in [6.07, 6.45) is 2.44. The molecule has 1 aliphatic heterocycles. The molecule has 0 bridgehead atoms. The summed E-state index contributed by atoms with van der Waals surface area (Å²) in [5.41, 5.74) is 2.52. The van der Waals surface area contributed by atoms with Crippen molar-refractivity contribution in [3.63, 3.8) is 0 Å². The topological polar surface area (TPSA) is 96.2 Å². The monoisotopic (exact) mass is 378 g/mol. The molecule has 1 aromatic heterocycles. The standard InChI is InChI=1S/C20H22N6O2/c27-26(28)19-11-16-17(12-18(19)25-9-4-7-21-8-10-25)23-14-24-20(16)22-13-15-5-2-1-3-6-15/h1-3,5-6,11-12,14,21H,4,7-10,13H2,(H,22,23,24). The number of aromatic nitrogens is 2. The molecule has 8 heteroatoms. The van der Waals surface area contributed by atoms with E-state index in [0.717, 1.165) is 38.2 Å². The van der Waals surface area contributed by atoms with Gasteiger partial charge in [-0.1, -0.05) is 30.3 Å². The molecule has 0 saturated carbocycles. The zero-order valence-corrected chi connectivity index (χ0v) is 15.5. The van der Waals surface area contributed by atoms with Crippen molar-refractivity contribution in [1.29, 1.82) is 0 Å². The zero-order chi connectivity index (χ0) is 19.3. The minimum Gasteiger partial charge on any atom is -0.365 e. The second-order valence-electron chi connectivity index (χ2n) is 6.77. The number of hydrogen-bond donors (Lipinski definition) is 2. The lowest BCUT2D eigenvalue weighted by atomic mass is 10.1. The molecular weight excluding hydrogens is 356 g/mol. The number of nitro groups is 1. The third-order valence-electron chi connectivity index (χ3n) is 4.91. The first-order valence-corrected chi connectivity index (χ1v) is 9.39. The minimum absolute atomic E-state index is 0.0898. The summed E-state index contributed by atoms with van der Waals surface area (Å²) in [6.45, 7) is 3.83. The Hall–Kier alpha value is -3.26. The summed E-state index contributed by atoms with van der Waals surface area (Å²) in [4.78, 5) is 22.2. The predicted molar refractivity (Wildman–Crippen MR) is 110 cm³/mol. The number of hydrogen-bond acceptors (Lipinski definition) is 7. The van der Waals surface area contributed by atoms with Gasteiger partial charge in [-0.15, -0.1) is 0 Å². The molecular formula is C20H22N6O2. The molecule has 3 aromatic rings. The smallest absolute Gasteiger partial charge is 0.293 e. The molecule has 2 N–H and O–H groups in total. The van der Waals surface area contributed by atoms with Crippen molar-refractivity contribution in [2.45, 2.75) is 13.0 Å². The average Bonchev–Trinajstić information content (AvgIpc) is 3.01. The summed E-state index contributed by atoms with van der Waals surface area (Å²) in [5.74, 6) is 0.598. The average molecular weight is 378 g/mol. The number of rotatable bonds is 5.